The van der Waals surface area contributed by atoms with Crippen LogP contribution in [0.5, 0.6) is 0 Å². The molecule has 4 heteroatoms. The number of nitrogens with one attached hydrogen (secondary N) is 1. The van der Waals surface area contributed by atoms with Gasteiger partial charge < -0.3 is 10.4 Å². The minimum Gasteiger partial charge on any atom is -0.395 e. The maximum Gasteiger partial charge on any atom is 0.129 e. The van der Waals surface area contributed by atoms with Crippen molar-refractivity contribution in [2.45, 2.75) is 6.92 Å². The molecule has 1 aromatic rings. The first kappa shape index (κ1) is 9.29. The number of nitrogens with zero attached hydrogens (tertiary/aromatic N) is 1. The number of hydrogen-bond acceptors (Lipinski definition) is 3. The number of pyridine rings is 1. The SMILES string of the molecule is Cc1cc(Cl)ncc1NCCO. The van der Waals surface area contributed by atoms with Gasteiger partial charge in [-0.1, -0.05) is 11.6 Å². The highest BCUT2D eigenvalue weighted by Crippen LogP contribution is 2.15. The van der Waals surface area contributed by atoms with E-state index in [1.807, 2.05) is 6.92 Å². The molecule has 0 amide bonds. The van der Waals surface area contributed by atoms with Crippen LogP contribution in [0.1, 0.15) is 5.56 Å². The van der Waals surface area contributed by atoms with Crippen molar-refractivity contribution >= 4 is 17.3 Å². The Labute approximate surface area is 76.4 Å². The van der Waals surface area contributed by atoms with Crippen molar-refractivity contribution < 1.29 is 5.11 Å². The van der Waals surface area contributed by atoms with Crippen LogP contribution < -0.4 is 5.32 Å². The molecule has 0 aliphatic rings. The number of rotatable bonds is 3. The number of anilines is 1. The molecule has 0 spiro atoms. The van der Waals surface area contributed by atoms with Crippen molar-refractivity contribution in [2.75, 3.05) is 18.5 Å². The molecule has 0 fully saturated rings. The predicted octanol–water partition coefficient (Wildman–Crippen LogP) is 1.45. The molecule has 0 aromatic carbocycles. The summed E-state index contributed by atoms with van der Waals surface area (Å²) in [5.74, 6) is 0. The fourth-order valence-electron chi connectivity index (χ4n) is 0.897. The third-order valence-corrected chi connectivity index (χ3v) is 1.71. The molecular formula is C8H11ClN2O. The maximum atomic E-state index is 8.56. The van der Waals surface area contributed by atoms with E-state index in [1.54, 1.807) is 12.3 Å². The summed E-state index contributed by atoms with van der Waals surface area (Å²) in [4.78, 5) is 3.91. The van der Waals surface area contributed by atoms with Crippen LogP contribution in [0.15, 0.2) is 12.3 Å². The van der Waals surface area contributed by atoms with E-state index in [9.17, 15) is 0 Å². The van der Waals surface area contributed by atoms with Gasteiger partial charge in [-0.15, -0.1) is 0 Å². The zero-order valence-electron chi connectivity index (χ0n) is 6.84. The number of aromatic nitrogens is 1. The number of aryl methyl sites for hydroxylation is 1. The Morgan fingerprint density at radius 3 is 3.00 bits per heavy atom. The second kappa shape index (κ2) is 4.28. The van der Waals surface area contributed by atoms with Gasteiger partial charge in [-0.05, 0) is 18.6 Å². The van der Waals surface area contributed by atoms with Crippen LogP contribution in [-0.4, -0.2) is 23.2 Å². The van der Waals surface area contributed by atoms with E-state index in [0.29, 0.717) is 11.7 Å². The fraction of sp³-hybridized carbons (Fsp3) is 0.375. The standard InChI is InChI=1S/C8H11ClN2O/c1-6-4-8(9)11-5-7(6)10-2-3-12/h4-5,10,12H,2-3H2,1H3. The molecular weight excluding hydrogens is 176 g/mol. The molecule has 0 saturated carbocycles. The van der Waals surface area contributed by atoms with Crippen LogP contribution in [0.3, 0.4) is 0 Å². The molecule has 0 saturated heterocycles. The Morgan fingerprint density at radius 2 is 2.42 bits per heavy atom. The van der Waals surface area contributed by atoms with Gasteiger partial charge in [-0.3, -0.25) is 0 Å². The van der Waals surface area contributed by atoms with Crippen molar-refractivity contribution in [3.63, 3.8) is 0 Å². The third kappa shape index (κ3) is 2.36. The number of halogens is 1. The molecule has 1 aromatic heterocycles. The van der Waals surface area contributed by atoms with Crippen LogP contribution in [-0.2, 0) is 0 Å². The monoisotopic (exact) mass is 186 g/mol. The van der Waals surface area contributed by atoms with E-state index in [0.717, 1.165) is 11.3 Å². The largest absolute Gasteiger partial charge is 0.395 e. The lowest BCUT2D eigenvalue weighted by molar-refractivity contribution is 0.311. The third-order valence-electron chi connectivity index (χ3n) is 1.50. The topological polar surface area (TPSA) is 45.2 Å². The molecule has 2 N–H and O–H groups in total. The highest BCUT2D eigenvalue weighted by molar-refractivity contribution is 6.29. The van der Waals surface area contributed by atoms with Crippen molar-refractivity contribution in [1.82, 2.24) is 4.98 Å². The fourth-order valence-corrected chi connectivity index (χ4v) is 1.11. The van der Waals surface area contributed by atoms with Crippen molar-refractivity contribution in [3.05, 3.63) is 23.0 Å². The van der Waals surface area contributed by atoms with Gasteiger partial charge in [-0.2, -0.15) is 0 Å². The van der Waals surface area contributed by atoms with E-state index in [1.165, 1.54) is 0 Å². The molecule has 0 bridgehead atoms. The van der Waals surface area contributed by atoms with Gasteiger partial charge in [0.05, 0.1) is 18.5 Å². The number of aliphatic hydroxyl groups excluding tert-OH is 1. The van der Waals surface area contributed by atoms with E-state index >= 15 is 0 Å². The van der Waals surface area contributed by atoms with Crippen LogP contribution in [0.2, 0.25) is 5.15 Å². The molecule has 0 aliphatic heterocycles. The lowest BCUT2D eigenvalue weighted by Crippen LogP contribution is -2.06. The predicted molar refractivity (Wildman–Crippen MR) is 49.6 cm³/mol. The van der Waals surface area contributed by atoms with E-state index in [4.69, 9.17) is 16.7 Å². The van der Waals surface area contributed by atoms with Gasteiger partial charge in [0.2, 0.25) is 0 Å². The minimum absolute atomic E-state index is 0.113. The highest BCUT2D eigenvalue weighted by atomic mass is 35.5. The smallest absolute Gasteiger partial charge is 0.129 e. The average molecular weight is 187 g/mol. The van der Waals surface area contributed by atoms with Crippen molar-refractivity contribution in [2.24, 2.45) is 0 Å². The maximum absolute atomic E-state index is 8.56. The summed E-state index contributed by atoms with van der Waals surface area (Å²) in [6.07, 6.45) is 1.66. The number of hydrogen-bond donors (Lipinski definition) is 2. The summed E-state index contributed by atoms with van der Waals surface area (Å²) in [6.45, 7) is 2.58. The molecule has 0 radical (unpaired) electrons. The second-order valence-corrected chi connectivity index (χ2v) is 2.86. The quantitative estimate of drug-likeness (QED) is 0.703. The summed E-state index contributed by atoms with van der Waals surface area (Å²) in [5.41, 5.74) is 1.94. The van der Waals surface area contributed by atoms with Gasteiger partial charge in [0.25, 0.3) is 0 Å². The van der Waals surface area contributed by atoms with E-state index < -0.39 is 0 Å². The molecule has 0 atom stereocenters. The number of aliphatic hydroxyl groups is 1. The Morgan fingerprint density at radius 1 is 1.67 bits per heavy atom. The zero-order valence-corrected chi connectivity index (χ0v) is 7.60. The summed E-state index contributed by atoms with van der Waals surface area (Å²) in [6, 6.07) is 1.78. The van der Waals surface area contributed by atoms with Gasteiger partial charge in [0, 0.05) is 6.54 Å². The van der Waals surface area contributed by atoms with Crippen molar-refractivity contribution in [1.29, 1.82) is 0 Å². The first-order valence-electron chi connectivity index (χ1n) is 3.71. The van der Waals surface area contributed by atoms with Gasteiger partial charge in [-0.25, -0.2) is 4.98 Å². The summed E-state index contributed by atoms with van der Waals surface area (Å²) < 4.78 is 0. The van der Waals surface area contributed by atoms with Gasteiger partial charge >= 0.3 is 0 Å². The molecule has 0 aliphatic carbocycles. The normalized spacial score (nSPS) is 9.92. The van der Waals surface area contributed by atoms with E-state index in [2.05, 4.69) is 10.3 Å². The van der Waals surface area contributed by atoms with Crippen LogP contribution in [0.25, 0.3) is 0 Å². The average Bonchev–Trinajstić information content (AvgIpc) is 2.03. The lowest BCUT2D eigenvalue weighted by atomic mass is 10.2. The highest BCUT2D eigenvalue weighted by Gasteiger charge is 1.97. The molecule has 0 unspecified atom stereocenters. The van der Waals surface area contributed by atoms with E-state index in [-0.39, 0.29) is 6.61 Å². The van der Waals surface area contributed by atoms with Crippen LogP contribution in [0, 0.1) is 6.92 Å². The first-order chi connectivity index (χ1) is 5.74. The Balaban J connectivity index is 2.72. The van der Waals surface area contributed by atoms with Crippen LogP contribution in [0.4, 0.5) is 5.69 Å². The lowest BCUT2D eigenvalue weighted by Gasteiger charge is -2.06. The Kier molecular flexibility index (Phi) is 3.31. The molecule has 66 valence electrons. The molecule has 1 rings (SSSR count). The van der Waals surface area contributed by atoms with Crippen molar-refractivity contribution in [3.8, 4) is 0 Å². The van der Waals surface area contributed by atoms with Gasteiger partial charge in [0.1, 0.15) is 5.15 Å². The Hall–Kier alpha value is -0.800. The van der Waals surface area contributed by atoms with Crippen LogP contribution >= 0.6 is 11.6 Å². The molecule has 1 heterocycles. The summed E-state index contributed by atoms with van der Waals surface area (Å²) in [7, 11) is 0. The van der Waals surface area contributed by atoms with Gasteiger partial charge in [0.15, 0.2) is 0 Å². The summed E-state index contributed by atoms with van der Waals surface area (Å²) in [5, 5.41) is 12.1. The molecule has 3 nitrogen and oxygen atoms in total. The first-order valence-corrected chi connectivity index (χ1v) is 4.08. The second-order valence-electron chi connectivity index (χ2n) is 2.47. The minimum atomic E-state index is 0.113. The Bertz CT molecular complexity index is 265. The zero-order chi connectivity index (χ0) is 8.97. The molecule has 12 heavy (non-hydrogen) atoms. The summed E-state index contributed by atoms with van der Waals surface area (Å²) >= 11 is 5.66.